The molecule has 20 heavy (non-hydrogen) atoms. The lowest BCUT2D eigenvalue weighted by atomic mass is 10.1. The molecular formula is C11H13BrFN3O3S. The van der Waals surface area contributed by atoms with Crippen molar-refractivity contribution in [2.75, 3.05) is 18.8 Å². The Labute approximate surface area is 124 Å². The summed E-state index contributed by atoms with van der Waals surface area (Å²) in [4.78, 5) is 10.6. The maximum atomic E-state index is 14.0. The fourth-order valence-electron chi connectivity index (χ4n) is 2.09. The topological polar surface area (TPSA) is 106 Å². The van der Waals surface area contributed by atoms with Crippen molar-refractivity contribution in [1.29, 1.82) is 0 Å². The number of sulfonamides is 1. The third-order valence-corrected chi connectivity index (χ3v) is 5.63. The van der Waals surface area contributed by atoms with Gasteiger partial charge >= 0.3 is 0 Å². The van der Waals surface area contributed by atoms with Gasteiger partial charge in [0.2, 0.25) is 15.9 Å². The molecule has 1 atom stereocenters. The average molecular weight is 366 g/mol. The van der Waals surface area contributed by atoms with Gasteiger partial charge < -0.3 is 11.5 Å². The summed E-state index contributed by atoms with van der Waals surface area (Å²) < 4.78 is 39.8. The molecule has 1 saturated heterocycles. The molecule has 0 saturated carbocycles. The van der Waals surface area contributed by atoms with Gasteiger partial charge in [-0.2, -0.15) is 4.31 Å². The number of nitrogens with two attached hydrogens (primary N) is 2. The molecule has 6 nitrogen and oxygen atoms in total. The molecule has 1 aliphatic rings. The predicted molar refractivity (Wildman–Crippen MR) is 74.6 cm³/mol. The van der Waals surface area contributed by atoms with Crippen molar-refractivity contribution < 1.29 is 17.6 Å². The normalized spacial score (nSPS) is 20.2. The van der Waals surface area contributed by atoms with E-state index in [0.717, 1.165) is 10.4 Å². The van der Waals surface area contributed by atoms with E-state index >= 15 is 0 Å². The molecule has 0 radical (unpaired) electrons. The predicted octanol–water partition coefficient (Wildman–Crippen LogP) is 0.666. The molecule has 1 aliphatic heterocycles. The third-order valence-electron chi connectivity index (χ3n) is 3.19. The first-order valence-corrected chi connectivity index (χ1v) is 8.00. The second-order valence-corrected chi connectivity index (χ2v) is 7.33. The van der Waals surface area contributed by atoms with E-state index in [-0.39, 0.29) is 23.2 Å². The molecule has 4 N–H and O–H groups in total. The molecule has 1 unspecified atom stereocenters. The van der Waals surface area contributed by atoms with E-state index in [0.29, 0.717) is 6.42 Å². The van der Waals surface area contributed by atoms with Crippen LogP contribution in [0.2, 0.25) is 0 Å². The molecule has 9 heteroatoms. The molecule has 1 heterocycles. The molecule has 0 spiro atoms. The van der Waals surface area contributed by atoms with Crippen molar-refractivity contribution >= 4 is 37.5 Å². The van der Waals surface area contributed by atoms with E-state index in [1.54, 1.807) is 0 Å². The number of halogens is 2. The summed E-state index contributed by atoms with van der Waals surface area (Å²) in [5, 5.41) is 0. The zero-order valence-electron chi connectivity index (χ0n) is 10.3. The maximum Gasteiger partial charge on any atom is 0.246 e. The quantitative estimate of drug-likeness (QED) is 0.767. The number of benzene rings is 1. The van der Waals surface area contributed by atoms with Crippen molar-refractivity contribution in [1.82, 2.24) is 4.31 Å². The molecule has 1 aromatic rings. The van der Waals surface area contributed by atoms with Gasteiger partial charge in [-0.3, -0.25) is 4.79 Å². The van der Waals surface area contributed by atoms with Crippen molar-refractivity contribution in [3.05, 3.63) is 22.4 Å². The minimum absolute atomic E-state index is 0.0262. The van der Waals surface area contributed by atoms with Crippen molar-refractivity contribution in [2.45, 2.75) is 11.3 Å². The summed E-state index contributed by atoms with van der Waals surface area (Å²) in [6.07, 6.45) is 0.333. The maximum absolute atomic E-state index is 14.0. The molecule has 0 aliphatic carbocycles. The lowest BCUT2D eigenvalue weighted by Crippen LogP contribution is -2.32. The highest BCUT2D eigenvalue weighted by Gasteiger charge is 2.36. The van der Waals surface area contributed by atoms with Crippen LogP contribution in [0.5, 0.6) is 0 Å². The fraction of sp³-hybridized carbons (Fsp3) is 0.364. The van der Waals surface area contributed by atoms with Gasteiger partial charge in [-0.1, -0.05) is 0 Å². The Morgan fingerprint density at radius 2 is 2.10 bits per heavy atom. The molecule has 1 fully saturated rings. The van der Waals surface area contributed by atoms with Crippen LogP contribution in [-0.2, 0) is 14.8 Å². The molecule has 0 aromatic heterocycles. The molecular weight excluding hydrogens is 353 g/mol. The van der Waals surface area contributed by atoms with Gasteiger partial charge in [0.25, 0.3) is 0 Å². The molecule has 0 bridgehead atoms. The van der Waals surface area contributed by atoms with Crippen LogP contribution >= 0.6 is 15.9 Å². The first-order chi connectivity index (χ1) is 9.23. The van der Waals surface area contributed by atoms with Gasteiger partial charge in [0.15, 0.2) is 5.82 Å². The van der Waals surface area contributed by atoms with Crippen LogP contribution in [0, 0.1) is 11.7 Å². The Morgan fingerprint density at radius 1 is 1.45 bits per heavy atom. The number of carbonyl (C=O) groups is 1. The van der Waals surface area contributed by atoms with Gasteiger partial charge in [0.05, 0.1) is 10.4 Å². The smallest absolute Gasteiger partial charge is 0.246 e. The lowest BCUT2D eigenvalue weighted by Gasteiger charge is -2.17. The number of nitrogen functional groups attached to an aromatic ring is 1. The molecule has 110 valence electrons. The van der Waals surface area contributed by atoms with Gasteiger partial charge in [-0.05, 0) is 34.5 Å². The van der Waals surface area contributed by atoms with Crippen LogP contribution in [0.15, 0.2) is 21.5 Å². The summed E-state index contributed by atoms with van der Waals surface area (Å²) in [7, 11) is -4.04. The molecule has 1 aromatic carbocycles. The number of hydrogen-bond donors (Lipinski definition) is 2. The van der Waals surface area contributed by atoms with E-state index in [1.165, 1.54) is 6.07 Å². The number of primary amides is 1. The number of nitrogens with zero attached hydrogens (tertiary/aromatic N) is 1. The van der Waals surface area contributed by atoms with E-state index in [9.17, 15) is 17.6 Å². The Balaban J connectivity index is 2.40. The summed E-state index contributed by atoms with van der Waals surface area (Å²) in [5.41, 5.74) is 10.8. The number of rotatable bonds is 3. The molecule has 2 rings (SSSR count). The Hall–Kier alpha value is -1.19. The number of anilines is 1. The first-order valence-electron chi connectivity index (χ1n) is 5.77. The Kier molecular flexibility index (Phi) is 4.03. The van der Waals surface area contributed by atoms with Crippen LogP contribution in [0.3, 0.4) is 0 Å². The minimum atomic E-state index is -4.04. The van der Waals surface area contributed by atoms with Crippen molar-refractivity contribution in [2.24, 2.45) is 11.7 Å². The van der Waals surface area contributed by atoms with Crippen molar-refractivity contribution in [3.8, 4) is 0 Å². The zero-order valence-corrected chi connectivity index (χ0v) is 12.7. The largest absolute Gasteiger partial charge is 0.399 e. The van der Waals surface area contributed by atoms with Crippen molar-refractivity contribution in [3.63, 3.8) is 0 Å². The van der Waals surface area contributed by atoms with Crippen LogP contribution in [-0.4, -0.2) is 31.7 Å². The highest BCUT2D eigenvalue weighted by atomic mass is 79.9. The van der Waals surface area contributed by atoms with Crippen LogP contribution in [0.1, 0.15) is 6.42 Å². The third kappa shape index (κ3) is 2.65. The van der Waals surface area contributed by atoms with E-state index in [4.69, 9.17) is 11.5 Å². The minimum Gasteiger partial charge on any atom is -0.399 e. The standard InChI is InChI=1S/C11H13BrFN3O3S/c12-8-3-7(14)4-9(10(8)13)20(18,19)16-2-1-6(5-16)11(15)17/h3-4,6H,1-2,5,14H2,(H2,15,17). The van der Waals surface area contributed by atoms with Gasteiger partial charge in [0, 0.05) is 18.8 Å². The van der Waals surface area contributed by atoms with Crippen LogP contribution < -0.4 is 11.5 Å². The van der Waals surface area contributed by atoms with Gasteiger partial charge in [-0.15, -0.1) is 0 Å². The number of hydrogen-bond acceptors (Lipinski definition) is 4. The lowest BCUT2D eigenvalue weighted by molar-refractivity contribution is -0.121. The zero-order chi connectivity index (χ0) is 15.1. The monoisotopic (exact) mass is 365 g/mol. The van der Waals surface area contributed by atoms with Gasteiger partial charge in [0.1, 0.15) is 4.90 Å². The van der Waals surface area contributed by atoms with Crippen LogP contribution in [0.25, 0.3) is 0 Å². The van der Waals surface area contributed by atoms with Gasteiger partial charge in [-0.25, -0.2) is 12.8 Å². The van der Waals surface area contributed by atoms with Crippen LogP contribution in [0.4, 0.5) is 10.1 Å². The highest BCUT2D eigenvalue weighted by Crippen LogP contribution is 2.30. The first kappa shape index (κ1) is 15.2. The second-order valence-electron chi connectivity index (χ2n) is 4.57. The SMILES string of the molecule is NC(=O)C1CCN(S(=O)(=O)c2cc(N)cc(Br)c2F)C1. The summed E-state index contributed by atoms with van der Waals surface area (Å²) in [5.74, 6) is -2.00. The molecule has 1 amide bonds. The Bertz CT molecular complexity index is 665. The number of amides is 1. The average Bonchev–Trinajstić information content (AvgIpc) is 2.83. The fourth-order valence-corrected chi connectivity index (χ4v) is 4.32. The second kappa shape index (κ2) is 5.30. The Morgan fingerprint density at radius 3 is 2.65 bits per heavy atom. The summed E-state index contributed by atoms with van der Waals surface area (Å²) in [6, 6.07) is 2.34. The number of carbonyl (C=O) groups excluding carboxylic acids is 1. The summed E-state index contributed by atoms with van der Waals surface area (Å²) >= 11 is 2.92. The van der Waals surface area contributed by atoms with E-state index in [1.807, 2.05) is 0 Å². The summed E-state index contributed by atoms with van der Waals surface area (Å²) in [6.45, 7) is 0.0886. The van der Waals surface area contributed by atoms with E-state index < -0.39 is 32.6 Å². The van der Waals surface area contributed by atoms with E-state index in [2.05, 4.69) is 15.9 Å². The highest BCUT2D eigenvalue weighted by molar-refractivity contribution is 9.10.